The Morgan fingerprint density at radius 3 is 1.97 bits per heavy atom. The van der Waals surface area contributed by atoms with E-state index in [-0.39, 0.29) is 49.5 Å². The molecule has 22 nitrogen and oxygen atoms in total. The van der Waals surface area contributed by atoms with Gasteiger partial charge in [-0.05, 0) is 84.1 Å². The molecule has 79 heavy (non-hydrogen) atoms. The molecule has 3 aliphatic carbocycles. The van der Waals surface area contributed by atoms with Gasteiger partial charge in [0.2, 0.25) is 0 Å². The first-order valence-electron chi connectivity index (χ1n) is 27.6. The van der Waals surface area contributed by atoms with Crippen molar-refractivity contribution < 1.29 is 107 Å². The summed E-state index contributed by atoms with van der Waals surface area (Å²) in [5, 5.41) is 65.0. The van der Waals surface area contributed by atoms with Crippen LogP contribution >= 0.6 is 0 Å². The average Bonchev–Trinajstić information content (AvgIpc) is 3.97. The van der Waals surface area contributed by atoms with Crippen molar-refractivity contribution in [1.82, 2.24) is 0 Å². The van der Waals surface area contributed by atoms with Crippen molar-refractivity contribution in [1.29, 1.82) is 0 Å². The molecular weight excluding hydrogens is 1040 g/mol. The van der Waals surface area contributed by atoms with Gasteiger partial charge in [0.15, 0.2) is 30.9 Å². The summed E-state index contributed by atoms with van der Waals surface area (Å²) in [6.45, 7) is 9.51. The highest BCUT2D eigenvalue weighted by Gasteiger charge is 2.62. The number of Topliss-reactive ketones (excluding diaryl/α,β-unsaturated/α-hetero) is 2. The third-order valence-electron chi connectivity index (χ3n) is 18.2. The quantitative estimate of drug-likeness (QED) is 0.0853. The maximum atomic E-state index is 14.1. The minimum Gasteiger partial charge on any atom is -0.458 e. The van der Waals surface area contributed by atoms with Crippen molar-refractivity contribution in [2.24, 2.45) is 22.7 Å². The van der Waals surface area contributed by atoms with E-state index in [0.29, 0.717) is 19.3 Å². The van der Waals surface area contributed by atoms with Gasteiger partial charge in [-0.15, -0.1) is 0 Å². The van der Waals surface area contributed by atoms with E-state index in [4.69, 9.17) is 56.8 Å². The van der Waals surface area contributed by atoms with Gasteiger partial charge in [0.05, 0.1) is 54.2 Å². The lowest BCUT2D eigenvalue weighted by Gasteiger charge is -2.55. The summed E-state index contributed by atoms with van der Waals surface area (Å²) in [7, 11) is 4.43. The largest absolute Gasteiger partial charge is 0.458 e. The molecule has 1 aromatic carbocycles. The lowest BCUT2D eigenvalue weighted by molar-refractivity contribution is -0.373. The summed E-state index contributed by atoms with van der Waals surface area (Å²) >= 11 is 0. The van der Waals surface area contributed by atoms with Crippen molar-refractivity contribution in [2.45, 2.75) is 221 Å². The molecule has 4 aliphatic heterocycles. The van der Waals surface area contributed by atoms with Gasteiger partial charge in [0.1, 0.15) is 72.6 Å². The standard InChI is InChI=1S/C57H82O22/c1-28(59)34-16-17-40(61)56(34,6)41(76-42(62)18-15-32-13-11-10-12-14-32)23-35-36(60)20-22-57(67)26-33(19-21-55(35,57)5)74-43-24-37(68-7)49(29(2)71-43)77-44-25-38(69-8)50(30(3)72-44)78-54-48(66)52(70-9)51(31(4)73-54)79-53-47(65)46(64)45(63)39(27-58)75-53/h10-15,18,20,22,29-31,33-35,37-39,41,43-54,58,63-67H,16-17,19,21,23-27H2,1-9H3/b18-15+/t29-,30-,31-,33+,34-,35+,37+,38+,39-,41-,43+,44+,45-,46+,47-,48-,49-,50-,51-,52-,53+,54+,55-,56+,57+/m1/s1. The molecule has 4 saturated heterocycles. The minimum atomic E-state index is -1.69. The number of benzene rings is 1. The highest BCUT2D eigenvalue weighted by Crippen LogP contribution is 2.57. The number of fused-ring (bicyclic) bond motifs is 1. The van der Waals surface area contributed by atoms with E-state index in [1.807, 2.05) is 44.2 Å². The fourth-order valence-corrected chi connectivity index (χ4v) is 13.3. The van der Waals surface area contributed by atoms with Crippen molar-refractivity contribution in [2.75, 3.05) is 27.9 Å². The van der Waals surface area contributed by atoms with E-state index in [0.717, 1.165) is 5.56 Å². The molecule has 8 rings (SSSR count). The van der Waals surface area contributed by atoms with E-state index in [2.05, 4.69) is 0 Å². The zero-order valence-electron chi connectivity index (χ0n) is 46.5. The fourth-order valence-electron chi connectivity index (χ4n) is 13.3. The Balaban J connectivity index is 0.875. The van der Waals surface area contributed by atoms with Crippen molar-refractivity contribution in [3.8, 4) is 0 Å². The summed E-state index contributed by atoms with van der Waals surface area (Å²) in [6.07, 6.45) is -13.1. The van der Waals surface area contributed by atoms with Crippen LogP contribution in [-0.2, 0) is 76.0 Å². The predicted molar refractivity (Wildman–Crippen MR) is 275 cm³/mol. The summed E-state index contributed by atoms with van der Waals surface area (Å²) in [6, 6.07) is 9.16. The summed E-state index contributed by atoms with van der Waals surface area (Å²) in [5.74, 6) is -3.03. The zero-order chi connectivity index (χ0) is 57.3. The average molecular weight is 1120 g/mol. The molecule has 442 valence electrons. The lowest BCUT2D eigenvalue weighted by atomic mass is 9.52. The van der Waals surface area contributed by atoms with Gasteiger partial charge in [-0.3, -0.25) is 14.4 Å². The van der Waals surface area contributed by atoms with E-state index in [9.17, 15) is 49.8 Å². The van der Waals surface area contributed by atoms with Gasteiger partial charge < -0.3 is 87.5 Å². The number of carbonyl (C=O) groups is 4. The Morgan fingerprint density at radius 1 is 0.747 bits per heavy atom. The second kappa shape index (κ2) is 25.6. The normalized spacial score (nSPS) is 45.1. The smallest absolute Gasteiger partial charge is 0.331 e. The van der Waals surface area contributed by atoms with E-state index >= 15 is 0 Å². The van der Waals surface area contributed by atoms with Crippen molar-refractivity contribution >= 4 is 29.4 Å². The van der Waals surface area contributed by atoms with E-state index < -0.39 is 164 Å². The second-order valence-electron chi connectivity index (χ2n) is 22.9. The van der Waals surface area contributed by atoms with Crippen LogP contribution in [0.2, 0.25) is 0 Å². The number of ketones is 3. The number of rotatable bonds is 19. The molecule has 7 aliphatic rings. The van der Waals surface area contributed by atoms with Gasteiger partial charge in [0, 0.05) is 70.3 Å². The monoisotopic (exact) mass is 1120 g/mol. The molecule has 0 spiro atoms. The van der Waals surface area contributed by atoms with Gasteiger partial charge >= 0.3 is 5.97 Å². The highest BCUT2D eigenvalue weighted by molar-refractivity contribution is 5.97. The number of aliphatic hydroxyl groups excluding tert-OH is 5. The first-order valence-corrected chi connectivity index (χ1v) is 27.6. The number of esters is 1. The van der Waals surface area contributed by atoms with Gasteiger partial charge in [-0.25, -0.2) is 4.79 Å². The van der Waals surface area contributed by atoms with Crippen LogP contribution in [0.3, 0.4) is 0 Å². The Bertz CT molecular complexity index is 2320. The maximum Gasteiger partial charge on any atom is 0.331 e. The molecule has 0 radical (unpaired) electrons. The van der Waals surface area contributed by atoms with Crippen LogP contribution in [0, 0.1) is 22.7 Å². The van der Waals surface area contributed by atoms with Gasteiger partial charge in [0.25, 0.3) is 0 Å². The Labute approximate surface area is 460 Å². The van der Waals surface area contributed by atoms with Crippen LogP contribution in [0.1, 0.15) is 98.5 Å². The number of allylic oxidation sites excluding steroid dienone is 1. The Hall–Kier alpha value is -3.50. The number of carbonyl (C=O) groups excluding carboxylic acids is 4. The lowest BCUT2D eigenvalue weighted by Crippen LogP contribution is -2.65. The summed E-state index contributed by atoms with van der Waals surface area (Å²) in [4.78, 5) is 54.5. The molecule has 22 heteroatoms. The second-order valence-corrected chi connectivity index (χ2v) is 22.9. The number of hydrogen-bond donors (Lipinski definition) is 6. The number of hydrogen-bond acceptors (Lipinski definition) is 22. The van der Waals surface area contributed by atoms with Crippen LogP contribution in [0.15, 0.2) is 48.6 Å². The molecule has 6 fully saturated rings. The van der Waals surface area contributed by atoms with Gasteiger partial charge in [-0.1, -0.05) is 37.3 Å². The topological polar surface area (TPSA) is 300 Å². The van der Waals surface area contributed by atoms with Crippen molar-refractivity contribution in [3.05, 3.63) is 54.1 Å². The first-order chi connectivity index (χ1) is 37.5. The molecule has 0 amide bonds. The molecular formula is C57H82O22. The maximum absolute atomic E-state index is 14.1. The fraction of sp³-hybridized carbons (Fsp3) is 0.754. The number of aliphatic hydroxyl groups is 6. The molecule has 0 bridgehead atoms. The van der Waals surface area contributed by atoms with E-state index in [1.165, 1.54) is 39.4 Å². The molecule has 4 heterocycles. The third-order valence-corrected chi connectivity index (χ3v) is 18.2. The first kappa shape index (κ1) is 61.6. The van der Waals surface area contributed by atoms with Crippen LogP contribution in [-0.4, -0.2) is 210 Å². The van der Waals surface area contributed by atoms with Crippen LogP contribution < -0.4 is 0 Å². The third kappa shape index (κ3) is 12.6. The van der Waals surface area contributed by atoms with Crippen LogP contribution in [0.4, 0.5) is 0 Å². The SMILES string of the molecule is CO[C@@H]1[C@@H](O)[C@H](O[C@H]2[C@@H](OC)C[C@H](O[C@H]3[C@@H](OC)C[C@H](O[C@H]4CC[C@]5(C)[C@@H](C[C@@H](OC(=O)/C=C/c6ccccc6)[C@]6(C)C(=O)CC[C@@H]6C(C)=O)C(=O)C=C[C@]5(O)C4)O[C@@H]3C)O[C@@H]2C)O[C@H](C)[C@H]1O[C@@H]1O[C@H](CO)[C@@H](O)[C@H](O)[C@H]1O. The van der Waals surface area contributed by atoms with E-state index in [1.54, 1.807) is 34.0 Å². The van der Waals surface area contributed by atoms with Gasteiger partial charge in [-0.2, -0.15) is 0 Å². The van der Waals surface area contributed by atoms with Crippen molar-refractivity contribution in [3.63, 3.8) is 0 Å². The predicted octanol–water partition coefficient (Wildman–Crippen LogP) is 2.01. The zero-order valence-corrected chi connectivity index (χ0v) is 46.5. The molecule has 1 aromatic rings. The molecule has 0 aromatic heterocycles. The van der Waals surface area contributed by atoms with Crippen LogP contribution in [0.25, 0.3) is 6.08 Å². The Morgan fingerprint density at radius 2 is 1.35 bits per heavy atom. The summed E-state index contributed by atoms with van der Waals surface area (Å²) in [5.41, 5.74) is -3.27. The number of ether oxygens (including phenoxy) is 12. The molecule has 0 unspecified atom stereocenters. The number of methoxy groups -OCH3 is 3. The Kier molecular flexibility index (Phi) is 19.9. The summed E-state index contributed by atoms with van der Waals surface area (Å²) < 4.78 is 73.7. The molecule has 6 N–H and O–H groups in total. The van der Waals surface area contributed by atoms with Crippen LogP contribution in [0.5, 0.6) is 0 Å². The highest BCUT2D eigenvalue weighted by atomic mass is 16.8. The molecule has 25 atom stereocenters. The minimum absolute atomic E-state index is 0.0886. The molecule has 2 saturated carbocycles.